The summed E-state index contributed by atoms with van der Waals surface area (Å²) in [5.74, 6) is -3.05. The van der Waals surface area contributed by atoms with E-state index in [2.05, 4.69) is 16.1 Å². The van der Waals surface area contributed by atoms with Gasteiger partial charge in [0.05, 0.1) is 6.42 Å². The summed E-state index contributed by atoms with van der Waals surface area (Å²) >= 11 is 0. The van der Waals surface area contributed by atoms with Crippen LogP contribution in [0.3, 0.4) is 0 Å². The minimum atomic E-state index is -0.961. The molecule has 3 amide bonds. The quantitative estimate of drug-likeness (QED) is 0.686. The van der Waals surface area contributed by atoms with Crippen LogP contribution < -0.4 is 16.1 Å². The lowest BCUT2D eigenvalue weighted by Gasteiger charge is -2.23. The molecule has 0 unspecified atom stereocenters. The molecule has 0 saturated carbocycles. The molecule has 1 aliphatic heterocycles. The summed E-state index contributed by atoms with van der Waals surface area (Å²) in [6.45, 7) is 1.90. The highest BCUT2D eigenvalue weighted by Crippen LogP contribution is 2.22. The van der Waals surface area contributed by atoms with Gasteiger partial charge in [0.25, 0.3) is 5.91 Å². The van der Waals surface area contributed by atoms with Crippen molar-refractivity contribution in [3.05, 3.63) is 70.8 Å². The van der Waals surface area contributed by atoms with Crippen LogP contribution in [0.1, 0.15) is 29.7 Å². The van der Waals surface area contributed by atoms with Crippen molar-refractivity contribution in [3.8, 4) is 0 Å². The Labute approximate surface area is 172 Å². The number of likely N-dealkylation sites (N-methyl/N-ethyl adjacent to an activating group) is 1. The van der Waals surface area contributed by atoms with E-state index in [4.69, 9.17) is 0 Å². The molecule has 0 saturated heterocycles. The van der Waals surface area contributed by atoms with Crippen LogP contribution >= 0.6 is 0 Å². The molecule has 1 aliphatic rings. The van der Waals surface area contributed by atoms with Crippen molar-refractivity contribution in [1.29, 1.82) is 0 Å². The van der Waals surface area contributed by atoms with Crippen molar-refractivity contribution in [1.82, 2.24) is 21.1 Å². The number of carbonyl (C=O) groups is 3. The summed E-state index contributed by atoms with van der Waals surface area (Å²) in [6.07, 6.45) is -0.288. The fraction of sp³-hybridized carbons (Fsp3) is 0.286. The SMILES string of the molecule is C[C@H](NC(=O)Cc1cc(F)cc(F)c1)C(=O)N[C@@H]1C(=O)N(C)NCc2ccccc21. The Morgan fingerprint density at radius 1 is 1.20 bits per heavy atom. The number of rotatable bonds is 5. The molecule has 0 spiro atoms. The number of carbonyl (C=O) groups excluding carboxylic acids is 3. The zero-order valence-electron chi connectivity index (χ0n) is 16.5. The second-order valence-electron chi connectivity index (χ2n) is 7.12. The number of halogens is 2. The summed E-state index contributed by atoms with van der Waals surface area (Å²) in [7, 11) is 1.57. The molecule has 2 aromatic rings. The van der Waals surface area contributed by atoms with Crippen LogP contribution in [-0.2, 0) is 27.3 Å². The highest BCUT2D eigenvalue weighted by Gasteiger charge is 2.31. The second-order valence-corrected chi connectivity index (χ2v) is 7.12. The molecule has 0 aliphatic carbocycles. The Bertz CT molecular complexity index is 962. The van der Waals surface area contributed by atoms with E-state index in [-0.39, 0.29) is 17.9 Å². The lowest BCUT2D eigenvalue weighted by molar-refractivity contribution is -0.138. The molecule has 1 heterocycles. The van der Waals surface area contributed by atoms with Gasteiger partial charge in [-0.2, -0.15) is 0 Å². The third-order valence-corrected chi connectivity index (χ3v) is 4.79. The number of hydrazine groups is 1. The molecule has 2 aromatic carbocycles. The van der Waals surface area contributed by atoms with Crippen LogP contribution in [0.5, 0.6) is 0 Å². The minimum Gasteiger partial charge on any atom is -0.344 e. The summed E-state index contributed by atoms with van der Waals surface area (Å²) in [5, 5.41) is 6.48. The van der Waals surface area contributed by atoms with Crippen LogP contribution in [0.2, 0.25) is 0 Å². The van der Waals surface area contributed by atoms with E-state index < -0.39 is 35.5 Å². The van der Waals surface area contributed by atoms with Gasteiger partial charge in [-0.1, -0.05) is 24.3 Å². The molecule has 0 bridgehead atoms. The number of nitrogens with one attached hydrogen (secondary N) is 3. The first-order valence-corrected chi connectivity index (χ1v) is 9.38. The Kier molecular flexibility index (Phi) is 6.41. The molecule has 2 atom stereocenters. The lowest BCUT2D eigenvalue weighted by atomic mass is 10.00. The van der Waals surface area contributed by atoms with Gasteiger partial charge in [-0.25, -0.2) is 14.2 Å². The van der Waals surface area contributed by atoms with Crippen LogP contribution in [0.15, 0.2) is 42.5 Å². The average Bonchev–Trinajstić information content (AvgIpc) is 2.79. The van der Waals surface area contributed by atoms with E-state index in [1.807, 2.05) is 12.1 Å². The Morgan fingerprint density at radius 3 is 2.57 bits per heavy atom. The molecule has 30 heavy (non-hydrogen) atoms. The highest BCUT2D eigenvalue weighted by atomic mass is 19.1. The monoisotopic (exact) mass is 416 g/mol. The lowest BCUT2D eigenvalue weighted by Crippen LogP contribution is -2.50. The van der Waals surface area contributed by atoms with Gasteiger partial charge in [0.2, 0.25) is 11.8 Å². The smallest absolute Gasteiger partial charge is 0.263 e. The normalized spacial score (nSPS) is 17.0. The Hall–Kier alpha value is -3.33. The van der Waals surface area contributed by atoms with Crippen molar-refractivity contribution in [2.24, 2.45) is 0 Å². The number of nitrogens with zero attached hydrogens (tertiary/aromatic N) is 1. The minimum absolute atomic E-state index is 0.151. The molecule has 0 radical (unpaired) electrons. The number of hydrogen-bond donors (Lipinski definition) is 3. The van der Waals surface area contributed by atoms with Gasteiger partial charge >= 0.3 is 0 Å². The van der Waals surface area contributed by atoms with Crippen molar-refractivity contribution in [2.45, 2.75) is 32.0 Å². The first kappa shape index (κ1) is 21.4. The van der Waals surface area contributed by atoms with E-state index in [0.717, 1.165) is 17.7 Å². The molecule has 0 fully saturated rings. The first-order valence-electron chi connectivity index (χ1n) is 9.38. The fourth-order valence-electron chi connectivity index (χ4n) is 3.25. The van der Waals surface area contributed by atoms with Crippen molar-refractivity contribution >= 4 is 17.7 Å². The molecule has 9 heteroatoms. The molecule has 158 valence electrons. The number of fused-ring (bicyclic) bond motifs is 1. The molecular formula is C21H22F2N4O3. The van der Waals surface area contributed by atoms with Crippen LogP contribution in [-0.4, -0.2) is 35.8 Å². The molecule has 7 nitrogen and oxygen atoms in total. The standard InChI is InChI=1S/C21H22F2N4O3/c1-12(25-18(28)9-13-7-15(22)10-16(23)8-13)20(29)26-19-17-6-4-3-5-14(17)11-24-27(2)21(19)30/h3-8,10,12,19,24H,9,11H2,1-2H3,(H,25,28)(H,26,29)/t12-,19-/m0/s1. The van der Waals surface area contributed by atoms with E-state index in [1.165, 1.54) is 11.9 Å². The number of hydrogen-bond acceptors (Lipinski definition) is 4. The van der Waals surface area contributed by atoms with Gasteiger partial charge in [0.1, 0.15) is 23.7 Å². The topological polar surface area (TPSA) is 90.5 Å². The zero-order valence-corrected chi connectivity index (χ0v) is 16.5. The van der Waals surface area contributed by atoms with Gasteiger partial charge in [0, 0.05) is 19.7 Å². The zero-order chi connectivity index (χ0) is 21.8. The van der Waals surface area contributed by atoms with Crippen LogP contribution in [0.4, 0.5) is 8.78 Å². The van der Waals surface area contributed by atoms with Crippen molar-refractivity contribution < 1.29 is 23.2 Å². The van der Waals surface area contributed by atoms with E-state index in [0.29, 0.717) is 18.2 Å². The molecular weight excluding hydrogens is 394 g/mol. The predicted octanol–water partition coefficient (Wildman–Crippen LogP) is 1.35. The van der Waals surface area contributed by atoms with Gasteiger partial charge in [-0.15, -0.1) is 0 Å². The van der Waals surface area contributed by atoms with E-state index in [1.54, 1.807) is 19.2 Å². The third-order valence-electron chi connectivity index (χ3n) is 4.79. The van der Waals surface area contributed by atoms with Gasteiger partial charge in [-0.05, 0) is 35.7 Å². The summed E-state index contributed by atoms with van der Waals surface area (Å²) in [4.78, 5) is 37.5. The highest BCUT2D eigenvalue weighted by molar-refractivity contribution is 5.93. The van der Waals surface area contributed by atoms with Gasteiger partial charge in [-0.3, -0.25) is 19.4 Å². The van der Waals surface area contributed by atoms with Gasteiger partial charge in [0.15, 0.2) is 0 Å². The summed E-state index contributed by atoms with van der Waals surface area (Å²) < 4.78 is 26.6. The Balaban J connectivity index is 1.67. The van der Waals surface area contributed by atoms with Crippen LogP contribution in [0.25, 0.3) is 0 Å². The molecule has 0 aromatic heterocycles. The average molecular weight is 416 g/mol. The fourth-order valence-corrected chi connectivity index (χ4v) is 3.25. The largest absolute Gasteiger partial charge is 0.344 e. The van der Waals surface area contributed by atoms with Crippen LogP contribution in [0, 0.1) is 11.6 Å². The maximum atomic E-state index is 13.3. The van der Waals surface area contributed by atoms with Gasteiger partial charge < -0.3 is 10.6 Å². The Morgan fingerprint density at radius 2 is 1.87 bits per heavy atom. The summed E-state index contributed by atoms with van der Waals surface area (Å²) in [5.41, 5.74) is 4.64. The maximum Gasteiger partial charge on any atom is 0.263 e. The second kappa shape index (κ2) is 9.00. The number of benzene rings is 2. The van der Waals surface area contributed by atoms with E-state index in [9.17, 15) is 23.2 Å². The maximum absolute atomic E-state index is 13.3. The van der Waals surface area contributed by atoms with Crippen molar-refractivity contribution in [3.63, 3.8) is 0 Å². The van der Waals surface area contributed by atoms with Crippen molar-refractivity contribution in [2.75, 3.05) is 7.05 Å². The summed E-state index contributed by atoms with van der Waals surface area (Å²) in [6, 6.07) is 8.19. The third kappa shape index (κ3) is 4.98. The molecule has 3 N–H and O–H groups in total. The van der Waals surface area contributed by atoms with E-state index >= 15 is 0 Å². The number of amides is 3. The first-order chi connectivity index (χ1) is 14.2. The molecule has 3 rings (SSSR count). The predicted molar refractivity (Wildman–Crippen MR) is 105 cm³/mol.